The third kappa shape index (κ3) is 3.63. The second-order valence-corrected chi connectivity index (χ2v) is 7.30. The molecular weight excluding hydrogens is 357 g/mol. The zero-order chi connectivity index (χ0) is 19.7. The van der Waals surface area contributed by atoms with Crippen LogP contribution in [0.25, 0.3) is 10.9 Å². The Morgan fingerprint density at radius 3 is 2.93 bits per heavy atom. The van der Waals surface area contributed by atoms with E-state index >= 15 is 0 Å². The number of carbonyl (C=O) groups is 2. The quantitative estimate of drug-likeness (QED) is 0.711. The van der Waals surface area contributed by atoms with Gasteiger partial charge in [0, 0.05) is 42.3 Å². The molecule has 2 N–H and O–H groups in total. The van der Waals surface area contributed by atoms with Gasteiger partial charge in [0.1, 0.15) is 5.82 Å². The molecular formula is C22H22FN3O2. The summed E-state index contributed by atoms with van der Waals surface area (Å²) >= 11 is 0. The number of aromatic amines is 1. The van der Waals surface area contributed by atoms with Crippen molar-refractivity contribution in [3.63, 3.8) is 0 Å². The van der Waals surface area contributed by atoms with Crippen LogP contribution in [0.15, 0.2) is 48.7 Å². The number of nitrogens with one attached hydrogen (secondary N) is 2. The molecule has 3 aromatic rings. The summed E-state index contributed by atoms with van der Waals surface area (Å²) in [7, 11) is 0. The van der Waals surface area contributed by atoms with Crippen LogP contribution in [-0.2, 0) is 16.0 Å². The van der Waals surface area contributed by atoms with Gasteiger partial charge in [-0.25, -0.2) is 4.39 Å². The highest BCUT2D eigenvalue weighted by Gasteiger charge is 2.34. The fourth-order valence-corrected chi connectivity index (χ4v) is 3.72. The molecule has 2 heterocycles. The number of para-hydroxylation sites is 1. The van der Waals surface area contributed by atoms with E-state index in [1.807, 2.05) is 37.4 Å². The summed E-state index contributed by atoms with van der Waals surface area (Å²) in [4.78, 5) is 29.8. The van der Waals surface area contributed by atoms with Gasteiger partial charge in [0.05, 0.1) is 5.92 Å². The van der Waals surface area contributed by atoms with Crippen molar-refractivity contribution in [3.05, 3.63) is 65.6 Å². The molecule has 1 saturated heterocycles. The van der Waals surface area contributed by atoms with E-state index in [1.54, 1.807) is 11.0 Å². The van der Waals surface area contributed by atoms with Gasteiger partial charge in [0.25, 0.3) is 0 Å². The minimum absolute atomic E-state index is 0.0176. The Hall–Kier alpha value is -3.15. The normalized spacial score (nSPS) is 16.7. The molecule has 0 saturated carbocycles. The molecule has 1 aliphatic heterocycles. The van der Waals surface area contributed by atoms with Crippen LogP contribution in [0.3, 0.4) is 0 Å². The van der Waals surface area contributed by atoms with Crippen LogP contribution in [0.1, 0.15) is 17.5 Å². The van der Waals surface area contributed by atoms with Crippen molar-refractivity contribution in [2.45, 2.75) is 19.8 Å². The first-order chi connectivity index (χ1) is 13.5. The standard InChI is InChI=1S/C22H22FN3O2/c1-14-4-2-3-5-19(14)25-22(28)16-10-21(27)26(13-16)9-8-15-12-24-20-7-6-17(23)11-18(15)20/h2-7,11-12,16,24H,8-10,13H2,1H3,(H,25,28). The van der Waals surface area contributed by atoms with Gasteiger partial charge in [-0.1, -0.05) is 18.2 Å². The number of aryl methyl sites for hydroxylation is 1. The molecule has 0 radical (unpaired) electrons. The first kappa shape index (κ1) is 18.2. The summed E-state index contributed by atoms with van der Waals surface area (Å²) < 4.78 is 13.5. The number of hydrogen-bond acceptors (Lipinski definition) is 2. The van der Waals surface area contributed by atoms with Crippen LogP contribution in [0, 0.1) is 18.7 Å². The fourth-order valence-electron chi connectivity index (χ4n) is 3.72. The van der Waals surface area contributed by atoms with Crippen LogP contribution >= 0.6 is 0 Å². The molecule has 1 aromatic heterocycles. The van der Waals surface area contributed by atoms with Gasteiger partial charge in [-0.05, 0) is 48.7 Å². The lowest BCUT2D eigenvalue weighted by molar-refractivity contribution is -0.128. The number of likely N-dealkylation sites (tertiary alicyclic amines) is 1. The summed E-state index contributed by atoms with van der Waals surface area (Å²) in [6, 6.07) is 12.2. The van der Waals surface area contributed by atoms with E-state index in [-0.39, 0.29) is 30.0 Å². The van der Waals surface area contributed by atoms with Crippen molar-refractivity contribution in [2.75, 3.05) is 18.4 Å². The Morgan fingerprint density at radius 1 is 1.29 bits per heavy atom. The molecule has 1 atom stereocenters. The predicted octanol–water partition coefficient (Wildman–Crippen LogP) is 3.65. The van der Waals surface area contributed by atoms with Gasteiger partial charge in [-0.3, -0.25) is 9.59 Å². The highest BCUT2D eigenvalue weighted by Crippen LogP contribution is 2.24. The summed E-state index contributed by atoms with van der Waals surface area (Å²) in [5.74, 6) is -0.777. The van der Waals surface area contributed by atoms with Crippen molar-refractivity contribution in [1.29, 1.82) is 0 Å². The zero-order valence-electron chi connectivity index (χ0n) is 15.7. The number of hydrogen-bond donors (Lipinski definition) is 2. The SMILES string of the molecule is Cc1ccccc1NC(=O)C1CC(=O)N(CCc2c[nH]c3ccc(F)cc23)C1. The van der Waals surface area contributed by atoms with Gasteiger partial charge in [0.2, 0.25) is 11.8 Å². The molecule has 1 fully saturated rings. The number of H-pyrrole nitrogens is 1. The fraction of sp³-hybridized carbons (Fsp3) is 0.273. The van der Waals surface area contributed by atoms with Crippen molar-refractivity contribution in [2.24, 2.45) is 5.92 Å². The van der Waals surface area contributed by atoms with Crippen LogP contribution in [0.2, 0.25) is 0 Å². The minimum Gasteiger partial charge on any atom is -0.361 e. The second kappa shape index (κ2) is 7.46. The average molecular weight is 379 g/mol. The molecule has 28 heavy (non-hydrogen) atoms. The molecule has 5 nitrogen and oxygen atoms in total. The van der Waals surface area contributed by atoms with Crippen LogP contribution < -0.4 is 5.32 Å². The van der Waals surface area contributed by atoms with Crippen molar-refractivity contribution in [1.82, 2.24) is 9.88 Å². The van der Waals surface area contributed by atoms with E-state index < -0.39 is 0 Å². The molecule has 0 aliphatic carbocycles. The number of aromatic nitrogens is 1. The number of nitrogens with zero attached hydrogens (tertiary/aromatic N) is 1. The van der Waals surface area contributed by atoms with E-state index in [9.17, 15) is 14.0 Å². The first-order valence-corrected chi connectivity index (χ1v) is 9.41. The maximum Gasteiger partial charge on any atom is 0.229 e. The van der Waals surface area contributed by atoms with E-state index in [1.165, 1.54) is 12.1 Å². The molecule has 2 aromatic carbocycles. The van der Waals surface area contributed by atoms with Gasteiger partial charge in [0.15, 0.2) is 0 Å². The number of fused-ring (bicyclic) bond motifs is 1. The third-order valence-corrected chi connectivity index (χ3v) is 5.37. The van der Waals surface area contributed by atoms with Crippen molar-refractivity contribution < 1.29 is 14.0 Å². The highest BCUT2D eigenvalue weighted by molar-refractivity contribution is 5.97. The van der Waals surface area contributed by atoms with Gasteiger partial charge < -0.3 is 15.2 Å². The monoisotopic (exact) mass is 379 g/mol. The van der Waals surface area contributed by atoms with E-state index in [0.29, 0.717) is 19.5 Å². The van der Waals surface area contributed by atoms with Crippen LogP contribution in [0.5, 0.6) is 0 Å². The maximum atomic E-state index is 13.5. The smallest absolute Gasteiger partial charge is 0.229 e. The number of benzene rings is 2. The van der Waals surface area contributed by atoms with Crippen LogP contribution in [0.4, 0.5) is 10.1 Å². The largest absolute Gasteiger partial charge is 0.361 e. The molecule has 1 aliphatic rings. The number of anilines is 1. The lowest BCUT2D eigenvalue weighted by Crippen LogP contribution is -2.30. The second-order valence-electron chi connectivity index (χ2n) is 7.30. The zero-order valence-corrected chi connectivity index (χ0v) is 15.7. The summed E-state index contributed by atoms with van der Waals surface area (Å²) in [6.45, 7) is 2.86. The molecule has 0 spiro atoms. The molecule has 144 valence electrons. The van der Waals surface area contributed by atoms with Gasteiger partial charge >= 0.3 is 0 Å². The highest BCUT2D eigenvalue weighted by atomic mass is 19.1. The Bertz CT molecular complexity index is 1040. The Labute approximate surface area is 162 Å². The van der Waals surface area contributed by atoms with Gasteiger partial charge in [-0.15, -0.1) is 0 Å². The lowest BCUT2D eigenvalue weighted by Gasteiger charge is -2.16. The van der Waals surface area contributed by atoms with E-state index in [2.05, 4.69) is 10.3 Å². The number of amides is 2. The predicted molar refractivity (Wildman–Crippen MR) is 106 cm³/mol. The summed E-state index contributed by atoms with van der Waals surface area (Å²) in [5.41, 5.74) is 3.61. The topological polar surface area (TPSA) is 65.2 Å². The lowest BCUT2D eigenvalue weighted by atomic mass is 10.1. The first-order valence-electron chi connectivity index (χ1n) is 9.41. The van der Waals surface area contributed by atoms with Gasteiger partial charge in [-0.2, -0.15) is 0 Å². The summed E-state index contributed by atoms with van der Waals surface area (Å²) in [5, 5.41) is 3.76. The minimum atomic E-state index is -0.354. The summed E-state index contributed by atoms with van der Waals surface area (Å²) in [6.07, 6.45) is 2.69. The molecule has 6 heteroatoms. The van der Waals surface area contributed by atoms with E-state index in [4.69, 9.17) is 0 Å². The Balaban J connectivity index is 1.38. The maximum absolute atomic E-state index is 13.5. The number of rotatable bonds is 5. The third-order valence-electron chi connectivity index (χ3n) is 5.37. The number of halogens is 1. The van der Waals surface area contributed by atoms with Crippen molar-refractivity contribution >= 4 is 28.4 Å². The Kier molecular flexibility index (Phi) is 4.86. The molecule has 2 amide bonds. The molecule has 4 rings (SSSR count). The van der Waals surface area contributed by atoms with Crippen LogP contribution in [-0.4, -0.2) is 34.8 Å². The average Bonchev–Trinajstić information content (AvgIpc) is 3.25. The van der Waals surface area contributed by atoms with Crippen molar-refractivity contribution in [3.8, 4) is 0 Å². The molecule has 1 unspecified atom stereocenters. The molecule has 0 bridgehead atoms. The Morgan fingerprint density at radius 2 is 2.11 bits per heavy atom. The van der Waals surface area contributed by atoms with E-state index in [0.717, 1.165) is 27.7 Å². The number of carbonyl (C=O) groups excluding carboxylic acids is 2.